The second-order valence-electron chi connectivity index (χ2n) is 3.57. The molecule has 1 nitrogen and oxygen atoms in total. The second-order valence-corrected chi connectivity index (χ2v) is 3.57. The van der Waals surface area contributed by atoms with Gasteiger partial charge in [-0.15, -0.1) is 13.2 Å². The van der Waals surface area contributed by atoms with Crippen molar-refractivity contribution in [2.24, 2.45) is 0 Å². The molecule has 0 radical (unpaired) electrons. The summed E-state index contributed by atoms with van der Waals surface area (Å²) in [4.78, 5) is 2.33. The van der Waals surface area contributed by atoms with E-state index in [0.717, 1.165) is 26.1 Å². The summed E-state index contributed by atoms with van der Waals surface area (Å²) in [5, 5.41) is 0. The van der Waals surface area contributed by atoms with Crippen molar-refractivity contribution in [3.8, 4) is 0 Å². The van der Waals surface area contributed by atoms with Crippen LogP contribution < -0.4 is 0 Å². The summed E-state index contributed by atoms with van der Waals surface area (Å²) in [6, 6.07) is 10.6. The monoisotopic (exact) mass is 201 g/mol. The number of rotatable bonds is 7. The largest absolute Gasteiger partial charge is 0.296 e. The third kappa shape index (κ3) is 4.61. The van der Waals surface area contributed by atoms with E-state index in [0.29, 0.717) is 0 Å². The SMILES string of the molecule is C=CCN(CC=C)CCc1ccccc1. The van der Waals surface area contributed by atoms with E-state index >= 15 is 0 Å². The van der Waals surface area contributed by atoms with E-state index in [4.69, 9.17) is 0 Å². The lowest BCUT2D eigenvalue weighted by Gasteiger charge is -2.18. The van der Waals surface area contributed by atoms with Crippen molar-refractivity contribution in [2.75, 3.05) is 19.6 Å². The average Bonchev–Trinajstić information content (AvgIpc) is 2.28. The molecule has 0 spiro atoms. The topological polar surface area (TPSA) is 3.24 Å². The Kier molecular flexibility index (Phi) is 5.49. The number of hydrogen-bond acceptors (Lipinski definition) is 1. The van der Waals surface area contributed by atoms with Crippen LogP contribution in [0, 0.1) is 0 Å². The fourth-order valence-corrected chi connectivity index (χ4v) is 1.55. The third-order valence-corrected chi connectivity index (χ3v) is 2.33. The van der Waals surface area contributed by atoms with Gasteiger partial charge in [0.1, 0.15) is 0 Å². The molecule has 1 rings (SSSR count). The van der Waals surface area contributed by atoms with Crippen LogP contribution in [0.3, 0.4) is 0 Å². The number of benzene rings is 1. The molecule has 1 aromatic carbocycles. The van der Waals surface area contributed by atoms with Gasteiger partial charge in [-0.3, -0.25) is 4.90 Å². The summed E-state index contributed by atoms with van der Waals surface area (Å²) in [6.45, 7) is 10.4. The number of hydrogen-bond donors (Lipinski definition) is 0. The molecule has 1 aromatic rings. The highest BCUT2D eigenvalue weighted by molar-refractivity contribution is 5.14. The van der Waals surface area contributed by atoms with Gasteiger partial charge in [-0.2, -0.15) is 0 Å². The summed E-state index contributed by atoms with van der Waals surface area (Å²) >= 11 is 0. The maximum atomic E-state index is 3.76. The van der Waals surface area contributed by atoms with Crippen LogP contribution in [-0.2, 0) is 6.42 Å². The van der Waals surface area contributed by atoms with E-state index in [9.17, 15) is 0 Å². The van der Waals surface area contributed by atoms with Crippen LogP contribution in [0.2, 0.25) is 0 Å². The molecule has 0 fully saturated rings. The number of nitrogens with zero attached hydrogens (tertiary/aromatic N) is 1. The molecule has 0 bridgehead atoms. The molecule has 0 unspecified atom stereocenters. The lowest BCUT2D eigenvalue weighted by atomic mass is 10.1. The van der Waals surface area contributed by atoms with E-state index in [1.807, 2.05) is 12.2 Å². The van der Waals surface area contributed by atoms with Gasteiger partial charge < -0.3 is 0 Å². The molecular weight excluding hydrogens is 182 g/mol. The highest BCUT2D eigenvalue weighted by Crippen LogP contribution is 2.01. The zero-order valence-corrected chi connectivity index (χ0v) is 9.23. The van der Waals surface area contributed by atoms with Gasteiger partial charge in [-0.25, -0.2) is 0 Å². The molecule has 0 aromatic heterocycles. The van der Waals surface area contributed by atoms with Crippen molar-refractivity contribution in [2.45, 2.75) is 6.42 Å². The Morgan fingerprint density at radius 3 is 2.13 bits per heavy atom. The van der Waals surface area contributed by atoms with Crippen molar-refractivity contribution in [1.82, 2.24) is 4.90 Å². The first-order valence-corrected chi connectivity index (χ1v) is 5.35. The smallest absolute Gasteiger partial charge is 0.0164 e. The Bertz CT molecular complexity index is 279. The van der Waals surface area contributed by atoms with Gasteiger partial charge in [0, 0.05) is 19.6 Å². The minimum Gasteiger partial charge on any atom is -0.296 e. The van der Waals surface area contributed by atoms with E-state index in [1.54, 1.807) is 0 Å². The Balaban J connectivity index is 2.39. The Hall–Kier alpha value is -1.34. The molecule has 0 heterocycles. The highest BCUT2D eigenvalue weighted by atomic mass is 15.1. The van der Waals surface area contributed by atoms with Crippen molar-refractivity contribution in [3.05, 3.63) is 61.2 Å². The molecule has 0 amide bonds. The molecule has 0 saturated heterocycles. The van der Waals surface area contributed by atoms with Crippen LogP contribution in [0.25, 0.3) is 0 Å². The van der Waals surface area contributed by atoms with Crippen molar-refractivity contribution < 1.29 is 0 Å². The van der Waals surface area contributed by atoms with E-state index in [2.05, 4.69) is 48.4 Å². The molecule has 0 aliphatic carbocycles. The maximum absolute atomic E-state index is 3.76. The van der Waals surface area contributed by atoms with Gasteiger partial charge >= 0.3 is 0 Å². The summed E-state index contributed by atoms with van der Waals surface area (Å²) in [5.41, 5.74) is 1.38. The lowest BCUT2D eigenvalue weighted by Crippen LogP contribution is -2.26. The lowest BCUT2D eigenvalue weighted by molar-refractivity contribution is 0.340. The van der Waals surface area contributed by atoms with E-state index in [1.165, 1.54) is 5.56 Å². The molecular formula is C14H19N. The van der Waals surface area contributed by atoms with Gasteiger partial charge in [0.25, 0.3) is 0 Å². The zero-order valence-electron chi connectivity index (χ0n) is 9.23. The van der Waals surface area contributed by atoms with Crippen LogP contribution >= 0.6 is 0 Å². The molecule has 0 saturated carbocycles. The standard InChI is InChI=1S/C14H19N/c1-3-11-15(12-4-2)13-10-14-8-6-5-7-9-14/h3-9H,1-2,10-13H2. The van der Waals surface area contributed by atoms with Gasteiger partial charge in [0.2, 0.25) is 0 Å². The van der Waals surface area contributed by atoms with Gasteiger partial charge in [-0.05, 0) is 12.0 Å². The van der Waals surface area contributed by atoms with Gasteiger partial charge in [0.05, 0.1) is 0 Å². The molecule has 0 atom stereocenters. The van der Waals surface area contributed by atoms with Crippen LogP contribution in [0.15, 0.2) is 55.6 Å². The van der Waals surface area contributed by atoms with E-state index < -0.39 is 0 Å². The first-order valence-electron chi connectivity index (χ1n) is 5.35. The molecule has 0 N–H and O–H groups in total. The third-order valence-electron chi connectivity index (χ3n) is 2.33. The van der Waals surface area contributed by atoms with Crippen LogP contribution in [0.5, 0.6) is 0 Å². The predicted octanol–water partition coefficient (Wildman–Crippen LogP) is 2.90. The fourth-order valence-electron chi connectivity index (χ4n) is 1.55. The molecule has 15 heavy (non-hydrogen) atoms. The van der Waals surface area contributed by atoms with Crippen molar-refractivity contribution in [3.63, 3.8) is 0 Å². The van der Waals surface area contributed by atoms with E-state index in [-0.39, 0.29) is 0 Å². The minimum atomic E-state index is 0.929. The van der Waals surface area contributed by atoms with Crippen LogP contribution in [0.1, 0.15) is 5.56 Å². The molecule has 0 aliphatic rings. The Morgan fingerprint density at radius 1 is 1.00 bits per heavy atom. The van der Waals surface area contributed by atoms with Crippen LogP contribution in [0.4, 0.5) is 0 Å². The van der Waals surface area contributed by atoms with Crippen molar-refractivity contribution >= 4 is 0 Å². The molecule has 80 valence electrons. The van der Waals surface area contributed by atoms with Gasteiger partial charge in [0.15, 0.2) is 0 Å². The summed E-state index contributed by atoms with van der Waals surface area (Å²) in [5.74, 6) is 0. The predicted molar refractivity (Wildman–Crippen MR) is 67.0 cm³/mol. The second kappa shape index (κ2) is 7.02. The average molecular weight is 201 g/mol. The first kappa shape index (κ1) is 11.7. The Labute approximate surface area is 92.7 Å². The summed E-state index contributed by atoms with van der Waals surface area (Å²) < 4.78 is 0. The highest BCUT2D eigenvalue weighted by Gasteiger charge is 2.00. The molecule has 1 heteroatoms. The first-order chi connectivity index (χ1) is 7.36. The van der Waals surface area contributed by atoms with Gasteiger partial charge in [-0.1, -0.05) is 42.5 Å². The minimum absolute atomic E-state index is 0.929. The summed E-state index contributed by atoms with van der Waals surface area (Å²) in [6.07, 6.45) is 4.96. The molecule has 0 aliphatic heterocycles. The fraction of sp³-hybridized carbons (Fsp3) is 0.286. The van der Waals surface area contributed by atoms with Crippen LogP contribution in [-0.4, -0.2) is 24.5 Å². The van der Waals surface area contributed by atoms with Crippen molar-refractivity contribution in [1.29, 1.82) is 0 Å². The summed E-state index contributed by atoms with van der Waals surface area (Å²) in [7, 11) is 0. The normalized spacial score (nSPS) is 10.2. The zero-order chi connectivity index (χ0) is 10.9. The maximum Gasteiger partial charge on any atom is 0.0164 e. The Morgan fingerprint density at radius 2 is 1.60 bits per heavy atom. The quantitative estimate of drug-likeness (QED) is 0.613.